The Balaban J connectivity index is 1.66. The van der Waals surface area contributed by atoms with Crippen LogP contribution in [0.15, 0.2) is 53.4 Å². The largest absolute Gasteiger partial charge is 0.593 e. The molecule has 2 aromatic carbocycles. The minimum absolute atomic E-state index is 0.232. The molecular formula is C23H25N3O4S. The number of aryl methyl sites for hydroxylation is 1. The first-order valence-electron chi connectivity index (χ1n) is 10.1. The van der Waals surface area contributed by atoms with E-state index in [9.17, 15) is 8.76 Å². The highest BCUT2D eigenvalue weighted by Crippen LogP contribution is 2.31. The Kier molecular flexibility index (Phi) is 6.04. The van der Waals surface area contributed by atoms with Gasteiger partial charge in [0.1, 0.15) is 17.3 Å². The van der Waals surface area contributed by atoms with E-state index in [1.54, 1.807) is 31.4 Å². The maximum Gasteiger partial charge on any atom is 0.179 e. The second-order valence-corrected chi connectivity index (χ2v) is 9.29. The molecule has 4 rings (SSSR count). The van der Waals surface area contributed by atoms with Crippen LogP contribution in [0.25, 0.3) is 11.3 Å². The molecule has 1 aromatic heterocycles. The van der Waals surface area contributed by atoms with Crippen molar-refractivity contribution < 1.29 is 18.2 Å². The minimum Gasteiger partial charge on any atom is -0.593 e. The number of sulfonamides is 1. The van der Waals surface area contributed by atoms with Gasteiger partial charge >= 0.3 is 0 Å². The second-order valence-electron chi connectivity index (χ2n) is 7.36. The standard InChI is InChI=1S/C23H25N3O4S/c1-16-24-22-12-14-26(31(27,28)20-6-4-5-19(15-20)30-3)13-11-21(22)23(25-16)17-7-9-18(29-2)10-8-17/h4-10,15H,11-14H2,1-3H3. The number of ether oxygens (including phenoxy) is 2. The predicted octanol–water partition coefficient (Wildman–Crippen LogP) is 3.47. The molecule has 31 heavy (non-hydrogen) atoms. The van der Waals surface area contributed by atoms with Gasteiger partial charge in [0.2, 0.25) is 0 Å². The van der Waals surface area contributed by atoms with E-state index in [1.165, 1.54) is 11.4 Å². The van der Waals surface area contributed by atoms with Gasteiger partial charge in [-0.05, 0) is 49.7 Å². The summed E-state index contributed by atoms with van der Waals surface area (Å²) in [6, 6.07) is 14.3. The highest BCUT2D eigenvalue weighted by atomic mass is 32.3. The van der Waals surface area contributed by atoms with Crippen molar-refractivity contribution in [3.05, 3.63) is 65.6 Å². The predicted molar refractivity (Wildman–Crippen MR) is 118 cm³/mol. The summed E-state index contributed by atoms with van der Waals surface area (Å²) in [4.78, 5) is 9.55. The van der Waals surface area contributed by atoms with E-state index < -0.39 is 10.4 Å². The molecule has 8 heteroatoms. The number of nitrogens with zero attached hydrogens (tertiary/aromatic N) is 3. The fourth-order valence-corrected chi connectivity index (χ4v) is 5.32. The van der Waals surface area contributed by atoms with Gasteiger partial charge in [0.25, 0.3) is 0 Å². The van der Waals surface area contributed by atoms with E-state index >= 15 is 0 Å². The van der Waals surface area contributed by atoms with Gasteiger partial charge in [-0.15, -0.1) is 4.31 Å². The molecule has 0 amide bonds. The Morgan fingerprint density at radius 1 is 0.968 bits per heavy atom. The molecule has 0 spiro atoms. The zero-order valence-electron chi connectivity index (χ0n) is 17.8. The first-order valence-corrected chi connectivity index (χ1v) is 11.5. The number of hydrogen-bond donors (Lipinski definition) is 0. The molecule has 1 aliphatic heterocycles. The molecule has 162 valence electrons. The number of hydrogen-bond acceptors (Lipinski definition) is 6. The summed E-state index contributed by atoms with van der Waals surface area (Å²) in [5.74, 6) is 1.97. The van der Waals surface area contributed by atoms with Gasteiger partial charge < -0.3 is 14.0 Å². The van der Waals surface area contributed by atoms with Crippen LogP contribution in [0.3, 0.4) is 0 Å². The maximum absolute atomic E-state index is 13.3. The lowest BCUT2D eigenvalue weighted by Crippen LogP contribution is -2.38. The third-order valence-electron chi connectivity index (χ3n) is 5.46. The van der Waals surface area contributed by atoms with E-state index in [4.69, 9.17) is 9.47 Å². The van der Waals surface area contributed by atoms with Crippen LogP contribution in [0, 0.1) is 6.92 Å². The topological polar surface area (TPSA) is 87.6 Å². The molecular weight excluding hydrogens is 414 g/mol. The Bertz CT molecular complexity index is 1130. The van der Waals surface area contributed by atoms with E-state index in [-0.39, 0.29) is 4.90 Å². The molecule has 0 saturated carbocycles. The van der Waals surface area contributed by atoms with Gasteiger partial charge in [0.15, 0.2) is 15.3 Å². The number of methoxy groups -OCH3 is 2. The highest BCUT2D eigenvalue weighted by Gasteiger charge is 2.33. The molecule has 0 saturated heterocycles. The quantitative estimate of drug-likeness (QED) is 0.566. The lowest BCUT2D eigenvalue weighted by Gasteiger charge is -2.26. The summed E-state index contributed by atoms with van der Waals surface area (Å²) in [6.45, 7) is 2.59. The summed E-state index contributed by atoms with van der Waals surface area (Å²) in [7, 11) is -0.488. The zero-order chi connectivity index (χ0) is 22.0. The highest BCUT2D eigenvalue weighted by molar-refractivity contribution is 7.95. The molecule has 3 aromatic rings. The van der Waals surface area contributed by atoms with Crippen molar-refractivity contribution in [1.82, 2.24) is 14.3 Å². The molecule has 7 nitrogen and oxygen atoms in total. The van der Waals surface area contributed by atoms with Gasteiger partial charge in [-0.25, -0.2) is 9.97 Å². The molecule has 1 atom stereocenters. The summed E-state index contributed by atoms with van der Waals surface area (Å²) >= 11 is 0. The average Bonchev–Trinajstić information content (AvgIpc) is 3.01. The maximum atomic E-state index is 13.3. The fraction of sp³-hybridized carbons (Fsp3) is 0.304. The number of aromatic nitrogens is 2. The van der Waals surface area contributed by atoms with Crippen LogP contribution in [0.5, 0.6) is 11.5 Å². The smallest absolute Gasteiger partial charge is 0.179 e. The molecule has 0 aliphatic carbocycles. The van der Waals surface area contributed by atoms with E-state index in [1.807, 2.05) is 31.2 Å². The van der Waals surface area contributed by atoms with Crippen LogP contribution < -0.4 is 9.47 Å². The number of benzene rings is 2. The molecule has 0 bridgehead atoms. The molecule has 0 radical (unpaired) electrons. The van der Waals surface area contributed by atoms with Crippen LogP contribution in [0.4, 0.5) is 0 Å². The molecule has 0 N–H and O–H groups in total. The van der Waals surface area contributed by atoms with Gasteiger partial charge in [0, 0.05) is 42.4 Å². The molecule has 1 unspecified atom stereocenters. The van der Waals surface area contributed by atoms with Gasteiger partial charge in [-0.2, -0.15) is 0 Å². The number of fused-ring (bicyclic) bond motifs is 1. The zero-order valence-corrected chi connectivity index (χ0v) is 18.6. The van der Waals surface area contributed by atoms with E-state index in [0.717, 1.165) is 28.3 Å². The van der Waals surface area contributed by atoms with Crippen molar-refractivity contribution in [3.63, 3.8) is 0 Å². The summed E-state index contributed by atoms with van der Waals surface area (Å²) in [5, 5.41) is 0. The Labute approximate surface area is 183 Å². The van der Waals surface area contributed by atoms with Crippen LogP contribution in [-0.2, 0) is 27.5 Å². The molecule has 1 aliphatic rings. The third-order valence-corrected chi connectivity index (χ3v) is 7.35. The average molecular weight is 440 g/mol. The van der Waals surface area contributed by atoms with E-state index in [0.29, 0.717) is 37.5 Å². The number of rotatable bonds is 5. The summed E-state index contributed by atoms with van der Waals surface area (Å²) < 4.78 is 38.5. The first-order chi connectivity index (χ1) is 14.9. The van der Waals surface area contributed by atoms with Crippen molar-refractivity contribution in [2.45, 2.75) is 24.7 Å². The Morgan fingerprint density at radius 3 is 2.39 bits per heavy atom. The van der Waals surface area contributed by atoms with Crippen molar-refractivity contribution in [2.24, 2.45) is 0 Å². The molecule has 2 heterocycles. The van der Waals surface area contributed by atoms with Crippen LogP contribution in [0.1, 0.15) is 17.1 Å². The lowest BCUT2D eigenvalue weighted by atomic mass is 10.0. The van der Waals surface area contributed by atoms with Gasteiger partial charge in [0.05, 0.1) is 19.9 Å². The van der Waals surface area contributed by atoms with Gasteiger partial charge in [-0.1, -0.05) is 10.3 Å². The minimum atomic E-state index is -3.64. The SMILES string of the molecule is COc1ccc(-c2nc(C)nc3c2CCN([S+](=O)([O-])c2cccc(OC)c2)CC3)cc1. The lowest BCUT2D eigenvalue weighted by molar-refractivity contribution is 0.361. The van der Waals surface area contributed by atoms with Gasteiger partial charge in [-0.3, -0.25) is 0 Å². The van der Waals surface area contributed by atoms with Crippen LogP contribution in [-0.4, -0.2) is 46.1 Å². The fourth-order valence-electron chi connectivity index (χ4n) is 3.84. The van der Waals surface area contributed by atoms with Crippen LogP contribution >= 0.6 is 0 Å². The molecule has 0 fully saturated rings. The summed E-state index contributed by atoms with van der Waals surface area (Å²) in [5.41, 5.74) is 3.72. The monoisotopic (exact) mass is 439 g/mol. The third kappa shape index (κ3) is 4.32. The normalized spacial score (nSPS) is 16.1. The van der Waals surface area contributed by atoms with Crippen molar-refractivity contribution in [3.8, 4) is 22.8 Å². The Morgan fingerprint density at radius 2 is 1.68 bits per heavy atom. The van der Waals surface area contributed by atoms with Crippen molar-refractivity contribution >= 4 is 10.4 Å². The Hall–Kier alpha value is -2.81. The first kappa shape index (κ1) is 21.4. The van der Waals surface area contributed by atoms with Crippen LogP contribution in [0.2, 0.25) is 0 Å². The van der Waals surface area contributed by atoms with Crippen molar-refractivity contribution in [2.75, 3.05) is 27.3 Å². The summed E-state index contributed by atoms with van der Waals surface area (Å²) in [6.07, 6.45) is 1.07. The van der Waals surface area contributed by atoms with Crippen molar-refractivity contribution in [1.29, 1.82) is 0 Å². The second kappa shape index (κ2) is 8.74. The van der Waals surface area contributed by atoms with E-state index in [2.05, 4.69) is 9.97 Å².